The molecule has 0 heterocycles. The van der Waals surface area contributed by atoms with E-state index < -0.39 is 11.0 Å². The van der Waals surface area contributed by atoms with Crippen molar-refractivity contribution in [2.45, 2.75) is 51.9 Å². The summed E-state index contributed by atoms with van der Waals surface area (Å²) in [5, 5.41) is 0.420. The lowest BCUT2D eigenvalue weighted by Gasteiger charge is -2.41. The number of hydrogen-bond acceptors (Lipinski definition) is 1. The molecule has 1 atom stereocenters. The molecule has 0 fully saturated rings. The first-order valence-electron chi connectivity index (χ1n) is 6.58. The highest BCUT2D eigenvalue weighted by molar-refractivity contribution is 7.94. The van der Waals surface area contributed by atoms with Crippen LogP contribution < -0.4 is 4.72 Å². The van der Waals surface area contributed by atoms with Crippen molar-refractivity contribution in [2.24, 2.45) is 0 Å². The van der Waals surface area contributed by atoms with Gasteiger partial charge in [-0.1, -0.05) is 67.7 Å². The molecule has 19 heavy (non-hydrogen) atoms. The van der Waals surface area contributed by atoms with Crippen LogP contribution in [0.15, 0.2) is 30.3 Å². The van der Waals surface area contributed by atoms with Gasteiger partial charge in [0.2, 0.25) is 0 Å². The van der Waals surface area contributed by atoms with E-state index in [1.165, 1.54) is 0 Å². The van der Waals surface area contributed by atoms with Gasteiger partial charge in [-0.2, -0.15) is 0 Å². The van der Waals surface area contributed by atoms with Gasteiger partial charge in [0.05, 0.1) is 5.49 Å². The predicted octanol–water partition coefficient (Wildman–Crippen LogP) is 4.80. The molecule has 1 aromatic carbocycles. The van der Waals surface area contributed by atoms with Crippen molar-refractivity contribution in [3.05, 3.63) is 30.3 Å². The molecular weight excluding hydrogens is 273 g/mol. The SMILES string of the molecule is CC(C)(C)P(CS(=O)Nc1ccccc1)C(C)(C)C. The largest absolute Gasteiger partial charge is 0.305 e. The number of para-hydroxylation sites is 1. The number of benzene rings is 1. The van der Waals surface area contributed by atoms with Crippen molar-refractivity contribution < 1.29 is 4.21 Å². The van der Waals surface area contributed by atoms with Crippen LogP contribution in [0.1, 0.15) is 41.5 Å². The van der Waals surface area contributed by atoms with E-state index in [-0.39, 0.29) is 18.2 Å². The molecule has 0 spiro atoms. The van der Waals surface area contributed by atoms with Crippen molar-refractivity contribution in [3.63, 3.8) is 0 Å². The van der Waals surface area contributed by atoms with Crippen LogP contribution in [-0.2, 0) is 11.0 Å². The maximum absolute atomic E-state index is 12.3. The molecule has 2 nitrogen and oxygen atoms in total. The number of anilines is 1. The summed E-state index contributed by atoms with van der Waals surface area (Å²) in [6.07, 6.45) is 0. The fourth-order valence-corrected chi connectivity index (χ4v) is 8.89. The highest BCUT2D eigenvalue weighted by Crippen LogP contribution is 2.59. The van der Waals surface area contributed by atoms with Gasteiger partial charge in [0, 0.05) is 5.69 Å². The maximum Gasteiger partial charge on any atom is 0.121 e. The van der Waals surface area contributed by atoms with E-state index in [0.717, 1.165) is 11.2 Å². The maximum atomic E-state index is 12.3. The van der Waals surface area contributed by atoms with Gasteiger partial charge >= 0.3 is 0 Å². The Balaban J connectivity index is 2.73. The summed E-state index contributed by atoms with van der Waals surface area (Å²) in [7, 11) is -1.36. The summed E-state index contributed by atoms with van der Waals surface area (Å²) in [6, 6.07) is 9.78. The lowest BCUT2D eigenvalue weighted by atomic mass is 10.2. The van der Waals surface area contributed by atoms with E-state index in [2.05, 4.69) is 46.3 Å². The van der Waals surface area contributed by atoms with Crippen LogP contribution in [0.3, 0.4) is 0 Å². The van der Waals surface area contributed by atoms with Gasteiger partial charge in [-0.15, -0.1) is 0 Å². The Labute approximate surface area is 121 Å². The molecule has 1 N–H and O–H groups in total. The fourth-order valence-electron chi connectivity index (χ4n) is 2.18. The molecule has 0 radical (unpaired) electrons. The molecule has 1 unspecified atom stereocenters. The van der Waals surface area contributed by atoms with Crippen LogP contribution >= 0.6 is 7.92 Å². The van der Waals surface area contributed by atoms with E-state index in [0.29, 0.717) is 0 Å². The second kappa shape index (κ2) is 6.37. The zero-order valence-corrected chi connectivity index (χ0v) is 14.6. The van der Waals surface area contributed by atoms with Crippen molar-refractivity contribution in [1.82, 2.24) is 0 Å². The Morgan fingerprint density at radius 1 is 1.00 bits per heavy atom. The van der Waals surface area contributed by atoms with E-state index in [9.17, 15) is 4.21 Å². The Morgan fingerprint density at radius 3 is 1.89 bits per heavy atom. The minimum absolute atomic E-state index is 0.210. The lowest BCUT2D eigenvalue weighted by molar-refractivity contribution is 0.684. The molecule has 4 heteroatoms. The van der Waals surface area contributed by atoms with Crippen LogP contribution in [0.25, 0.3) is 0 Å². The molecule has 0 saturated heterocycles. The summed E-state index contributed by atoms with van der Waals surface area (Å²) in [5.74, 6) is 0. The van der Waals surface area contributed by atoms with Gasteiger partial charge in [-0.25, -0.2) is 4.21 Å². The summed E-state index contributed by atoms with van der Waals surface area (Å²) in [4.78, 5) is 0. The van der Waals surface area contributed by atoms with E-state index in [1.807, 2.05) is 30.3 Å². The summed E-state index contributed by atoms with van der Waals surface area (Å²) in [5.41, 5.74) is 1.66. The molecule has 0 aliphatic rings. The molecule has 0 aliphatic heterocycles. The minimum Gasteiger partial charge on any atom is -0.305 e. The van der Waals surface area contributed by atoms with Crippen LogP contribution in [0.5, 0.6) is 0 Å². The Bertz CT molecular complexity index is 406. The van der Waals surface area contributed by atoms with E-state index in [1.54, 1.807) is 0 Å². The second-order valence-electron chi connectivity index (χ2n) is 6.71. The molecule has 0 aliphatic carbocycles. The molecule has 0 saturated carbocycles. The Hall–Kier alpha value is -0.400. The first-order valence-corrected chi connectivity index (χ1v) is 9.43. The van der Waals surface area contributed by atoms with Gasteiger partial charge in [0.1, 0.15) is 11.0 Å². The third kappa shape index (κ3) is 5.62. The lowest BCUT2D eigenvalue weighted by Crippen LogP contribution is -2.28. The highest BCUT2D eigenvalue weighted by Gasteiger charge is 2.35. The fraction of sp³-hybridized carbons (Fsp3) is 0.600. The van der Waals surface area contributed by atoms with Crippen LogP contribution in [0.2, 0.25) is 0 Å². The van der Waals surface area contributed by atoms with Gasteiger partial charge in [-0.05, 0) is 22.4 Å². The molecule has 0 aromatic heterocycles. The second-order valence-corrected chi connectivity index (χ2v) is 12.2. The van der Waals surface area contributed by atoms with Crippen molar-refractivity contribution in [2.75, 3.05) is 10.2 Å². The van der Waals surface area contributed by atoms with Crippen LogP contribution in [0.4, 0.5) is 5.69 Å². The number of nitrogens with one attached hydrogen (secondary N) is 1. The van der Waals surface area contributed by atoms with Crippen molar-refractivity contribution in [3.8, 4) is 0 Å². The predicted molar refractivity (Wildman–Crippen MR) is 89.5 cm³/mol. The topological polar surface area (TPSA) is 29.1 Å². The third-order valence-electron chi connectivity index (χ3n) is 2.87. The molecule has 1 aromatic rings. The molecular formula is C15H26NOPS. The zero-order valence-electron chi connectivity index (χ0n) is 12.9. The molecule has 108 valence electrons. The molecule has 0 bridgehead atoms. The average molecular weight is 299 g/mol. The normalized spacial score (nSPS) is 14.5. The quantitative estimate of drug-likeness (QED) is 0.795. The van der Waals surface area contributed by atoms with Crippen LogP contribution in [-0.4, -0.2) is 20.0 Å². The van der Waals surface area contributed by atoms with E-state index >= 15 is 0 Å². The Kier molecular flexibility index (Phi) is 5.58. The molecule has 0 amide bonds. The minimum atomic E-state index is -1.02. The number of rotatable bonds is 4. The first-order chi connectivity index (χ1) is 8.60. The van der Waals surface area contributed by atoms with E-state index in [4.69, 9.17) is 0 Å². The third-order valence-corrected chi connectivity index (χ3v) is 8.54. The standard InChI is InChI=1S/C15H26NOPS/c1-14(2,3)18(15(4,5)6)12-19(17)16-13-10-8-7-9-11-13/h7-11,16H,12H2,1-6H3. The first kappa shape index (κ1) is 16.7. The van der Waals surface area contributed by atoms with Crippen molar-refractivity contribution in [1.29, 1.82) is 0 Å². The average Bonchev–Trinajstić information content (AvgIpc) is 2.24. The van der Waals surface area contributed by atoms with Gasteiger partial charge in [-0.3, -0.25) is 0 Å². The monoisotopic (exact) mass is 299 g/mol. The summed E-state index contributed by atoms with van der Waals surface area (Å²) < 4.78 is 15.4. The summed E-state index contributed by atoms with van der Waals surface area (Å²) in [6.45, 7) is 13.5. The number of hydrogen-bond donors (Lipinski definition) is 1. The van der Waals surface area contributed by atoms with Crippen LogP contribution in [0, 0.1) is 0 Å². The van der Waals surface area contributed by atoms with Gasteiger partial charge in [0.15, 0.2) is 0 Å². The van der Waals surface area contributed by atoms with Crippen molar-refractivity contribution >= 4 is 24.6 Å². The highest BCUT2D eigenvalue weighted by atomic mass is 32.2. The zero-order chi connectivity index (χ0) is 14.7. The smallest absolute Gasteiger partial charge is 0.121 e. The molecule has 1 rings (SSSR count). The van der Waals surface area contributed by atoms with Gasteiger partial charge < -0.3 is 4.72 Å². The summed E-state index contributed by atoms with van der Waals surface area (Å²) >= 11 is 0. The Morgan fingerprint density at radius 2 is 1.47 bits per heavy atom. The van der Waals surface area contributed by atoms with Gasteiger partial charge in [0.25, 0.3) is 0 Å².